The van der Waals surface area contributed by atoms with Crippen molar-refractivity contribution in [3.63, 3.8) is 0 Å². The number of anilines is 2. The fraction of sp³-hybridized carbons (Fsp3) is 0.143. The van der Waals surface area contributed by atoms with Crippen molar-refractivity contribution >= 4 is 23.1 Å². The largest absolute Gasteiger partial charge is 0.338 e. The highest BCUT2D eigenvalue weighted by atomic mass is 35.5. The van der Waals surface area contributed by atoms with E-state index < -0.39 is 0 Å². The Labute approximate surface area is 112 Å². The summed E-state index contributed by atoms with van der Waals surface area (Å²) in [5.41, 5.74) is 4.71. The molecule has 18 heavy (non-hydrogen) atoms. The lowest BCUT2D eigenvalue weighted by Gasteiger charge is -2.10. The fourth-order valence-electron chi connectivity index (χ4n) is 1.68. The van der Waals surface area contributed by atoms with Gasteiger partial charge >= 0.3 is 0 Å². The molecule has 0 atom stereocenters. The van der Waals surface area contributed by atoms with Gasteiger partial charge in [-0.05, 0) is 31.0 Å². The second-order valence-electron chi connectivity index (χ2n) is 3.91. The van der Waals surface area contributed by atoms with Crippen LogP contribution in [0.25, 0.3) is 0 Å². The van der Waals surface area contributed by atoms with E-state index in [4.69, 9.17) is 11.6 Å². The molecule has 0 amide bonds. The van der Waals surface area contributed by atoms with E-state index in [2.05, 4.69) is 15.5 Å². The highest BCUT2D eigenvalue weighted by molar-refractivity contribution is 6.25. The average Bonchev–Trinajstić information content (AvgIpc) is 2.39. The molecule has 4 heteroatoms. The summed E-state index contributed by atoms with van der Waals surface area (Å²) in [6.07, 6.45) is 4.38. The normalized spacial score (nSPS) is 10.8. The molecule has 0 radical (unpaired) electrons. The summed E-state index contributed by atoms with van der Waals surface area (Å²) in [5, 5.41) is 11.4. The van der Waals surface area contributed by atoms with E-state index in [0.29, 0.717) is 0 Å². The van der Waals surface area contributed by atoms with Crippen LogP contribution in [0.4, 0.5) is 11.5 Å². The molecule has 0 saturated carbocycles. The van der Waals surface area contributed by atoms with Gasteiger partial charge in [0.25, 0.3) is 0 Å². The van der Waals surface area contributed by atoms with Crippen LogP contribution < -0.4 is 5.32 Å². The Morgan fingerprint density at radius 3 is 2.78 bits per heavy atom. The topological polar surface area (TPSA) is 37.8 Å². The maximum Gasteiger partial charge on any atom is 0.156 e. The van der Waals surface area contributed by atoms with Gasteiger partial charge in [-0.2, -0.15) is 5.10 Å². The first-order valence-electron chi connectivity index (χ1n) is 5.69. The van der Waals surface area contributed by atoms with E-state index in [9.17, 15) is 0 Å². The zero-order chi connectivity index (χ0) is 12.8. The molecule has 0 fully saturated rings. The van der Waals surface area contributed by atoms with Crippen molar-refractivity contribution in [1.29, 1.82) is 0 Å². The van der Waals surface area contributed by atoms with Crippen LogP contribution in [-0.4, -0.2) is 10.2 Å². The van der Waals surface area contributed by atoms with Crippen LogP contribution in [0.5, 0.6) is 0 Å². The van der Waals surface area contributed by atoms with Gasteiger partial charge in [0.1, 0.15) is 0 Å². The minimum absolute atomic E-state index is 0.736. The molecule has 0 saturated heterocycles. The SMILES string of the molecule is Cc1cnnc(Nc2ccccc2)c1C/C=C/Cl. The van der Waals surface area contributed by atoms with E-state index in [1.54, 1.807) is 6.20 Å². The molecular weight excluding hydrogens is 246 g/mol. The highest BCUT2D eigenvalue weighted by Gasteiger charge is 2.06. The fourth-order valence-corrected chi connectivity index (χ4v) is 1.77. The monoisotopic (exact) mass is 259 g/mol. The third kappa shape index (κ3) is 3.08. The molecule has 3 nitrogen and oxygen atoms in total. The van der Waals surface area contributed by atoms with Gasteiger partial charge in [-0.3, -0.25) is 0 Å². The minimum Gasteiger partial charge on any atom is -0.338 e. The lowest BCUT2D eigenvalue weighted by molar-refractivity contribution is 0.986. The number of rotatable bonds is 4. The number of para-hydroxylation sites is 1. The summed E-state index contributed by atoms with van der Waals surface area (Å²) in [6.45, 7) is 2.02. The summed E-state index contributed by atoms with van der Waals surface area (Å²) < 4.78 is 0. The first kappa shape index (κ1) is 12.6. The van der Waals surface area contributed by atoms with Crippen molar-refractivity contribution in [3.8, 4) is 0 Å². The van der Waals surface area contributed by atoms with Gasteiger partial charge in [-0.15, -0.1) is 5.10 Å². The van der Waals surface area contributed by atoms with Crippen molar-refractivity contribution in [3.05, 3.63) is 59.3 Å². The third-order valence-corrected chi connectivity index (χ3v) is 2.80. The van der Waals surface area contributed by atoms with Crippen LogP contribution in [-0.2, 0) is 6.42 Å². The predicted molar refractivity (Wildman–Crippen MR) is 75.2 cm³/mol. The number of halogens is 1. The van der Waals surface area contributed by atoms with Gasteiger partial charge in [0, 0.05) is 16.8 Å². The standard InChI is InChI=1S/C14H14ClN3/c1-11-10-16-18-14(13(11)8-5-9-15)17-12-6-3-2-4-7-12/h2-7,9-10H,8H2,1H3,(H,17,18)/b9-5+. The molecule has 0 bridgehead atoms. The van der Waals surface area contributed by atoms with Crippen LogP contribution in [0.3, 0.4) is 0 Å². The summed E-state index contributed by atoms with van der Waals surface area (Å²) in [5.74, 6) is 0.774. The van der Waals surface area contributed by atoms with Crippen molar-refractivity contribution in [2.45, 2.75) is 13.3 Å². The van der Waals surface area contributed by atoms with E-state index >= 15 is 0 Å². The van der Waals surface area contributed by atoms with Gasteiger partial charge in [0.05, 0.1) is 6.20 Å². The van der Waals surface area contributed by atoms with Gasteiger partial charge < -0.3 is 5.32 Å². The summed E-state index contributed by atoms with van der Waals surface area (Å²) in [4.78, 5) is 0. The van der Waals surface area contributed by atoms with Crippen molar-refractivity contribution < 1.29 is 0 Å². The number of hydrogen-bond acceptors (Lipinski definition) is 3. The molecular formula is C14H14ClN3. The van der Waals surface area contributed by atoms with Crippen molar-refractivity contribution in [2.75, 3.05) is 5.32 Å². The van der Waals surface area contributed by atoms with Crippen LogP contribution in [0.2, 0.25) is 0 Å². The Morgan fingerprint density at radius 2 is 2.06 bits per heavy atom. The molecule has 0 spiro atoms. The molecule has 1 N–H and O–H groups in total. The van der Waals surface area contributed by atoms with E-state index in [-0.39, 0.29) is 0 Å². The quantitative estimate of drug-likeness (QED) is 0.907. The molecule has 1 aromatic heterocycles. The molecule has 1 heterocycles. The lowest BCUT2D eigenvalue weighted by Crippen LogP contribution is -2.02. The molecule has 0 aliphatic heterocycles. The van der Waals surface area contributed by atoms with Crippen LogP contribution in [0, 0.1) is 6.92 Å². The van der Waals surface area contributed by atoms with Gasteiger partial charge in [-0.25, -0.2) is 0 Å². The van der Waals surface area contributed by atoms with E-state index in [0.717, 1.165) is 29.1 Å². The number of nitrogens with zero attached hydrogens (tertiary/aromatic N) is 2. The maximum absolute atomic E-state index is 5.58. The molecule has 0 unspecified atom stereocenters. The Balaban J connectivity index is 2.29. The van der Waals surface area contributed by atoms with Gasteiger partial charge in [0.2, 0.25) is 0 Å². The number of nitrogens with one attached hydrogen (secondary N) is 1. The van der Waals surface area contributed by atoms with E-state index in [1.807, 2.05) is 43.3 Å². The third-order valence-electron chi connectivity index (χ3n) is 2.62. The molecule has 2 rings (SSSR count). The Hall–Kier alpha value is -1.87. The summed E-state index contributed by atoms with van der Waals surface area (Å²) in [6, 6.07) is 9.91. The van der Waals surface area contributed by atoms with Crippen molar-refractivity contribution in [2.24, 2.45) is 0 Å². The first-order valence-corrected chi connectivity index (χ1v) is 6.13. The second kappa shape index (κ2) is 6.17. The highest BCUT2D eigenvalue weighted by Crippen LogP contribution is 2.21. The second-order valence-corrected chi connectivity index (χ2v) is 4.16. The Kier molecular flexibility index (Phi) is 4.31. The lowest BCUT2D eigenvalue weighted by atomic mass is 10.1. The number of allylic oxidation sites excluding steroid dienone is 1. The van der Waals surface area contributed by atoms with Crippen molar-refractivity contribution in [1.82, 2.24) is 10.2 Å². The summed E-state index contributed by atoms with van der Waals surface area (Å²) in [7, 11) is 0. The zero-order valence-corrected chi connectivity index (χ0v) is 10.9. The molecule has 1 aromatic carbocycles. The average molecular weight is 260 g/mol. The molecule has 2 aromatic rings. The number of benzene rings is 1. The Morgan fingerprint density at radius 1 is 1.28 bits per heavy atom. The van der Waals surface area contributed by atoms with Gasteiger partial charge in [0.15, 0.2) is 5.82 Å². The van der Waals surface area contributed by atoms with Crippen LogP contribution in [0.15, 0.2) is 48.1 Å². The molecule has 0 aliphatic rings. The minimum atomic E-state index is 0.736. The maximum atomic E-state index is 5.58. The smallest absolute Gasteiger partial charge is 0.156 e. The Bertz CT molecular complexity index is 538. The number of aryl methyl sites for hydroxylation is 1. The summed E-state index contributed by atoms with van der Waals surface area (Å²) >= 11 is 5.58. The molecule has 92 valence electrons. The zero-order valence-electron chi connectivity index (χ0n) is 10.1. The van der Waals surface area contributed by atoms with E-state index in [1.165, 1.54) is 5.54 Å². The predicted octanol–water partition coefficient (Wildman–Crippen LogP) is 3.82. The van der Waals surface area contributed by atoms with Gasteiger partial charge in [-0.1, -0.05) is 35.9 Å². The first-order chi connectivity index (χ1) is 8.81. The molecule has 0 aliphatic carbocycles. The number of hydrogen-bond donors (Lipinski definition) is 1. The number of aromatic nitrogens is 2. The van der Waals surface area contributed by atoms with Crippen LogP contribution >= 0.6 is 11.6 Å². The van der Waals surface area contributed by atoms with Crippen LogP contribution in [0.1, 0.15) is 11.1 Å².